The van der Waals surface area contributed by atoms with Gasteiger partial charge < -0.3 is 8.98 Å². The largest absolute Gasteiger partial charge is 0.440 e. The van der Waals surface area contributed by atoms with Crippen LogP contribution in [0.1, 0.15) is 82.7 Å². The average molecular weight is 398 g/mol. The van der Waals surface area contributed by atoms with Crippen LogP contribution in [0, 0.1) is 11.8 Å². The molecule has 3 aromatic rings. The van der Waals surface area contributed by atoms with Gasteiger partial charge >= 0.3 is 0 Å². The Bertz CT molecular complexity index is 999. The van der Waals surface area contributed by atoms with Crippen molar-refractivity contribution in [2.75, 3.05) is 0 Å². The summed E-state index contributed by atoms with van der Waals surface area (Å²) in [5, 5.41) is 0.515. The molecule has 0 bridgehead atoms. The Morgan fingerprint density at radius 3 is 2.50 bits per heavy atom. The summed E-state index contributed by atoms with van der Waals surface area (Å²) in [5.74, 6) is 4.15. The molecule has 2 heterocycles. The molecule has 28 heavy (non-hydrogen) atoms. The highest BCUT2D eigenvalue weighted by Crippen LogP contribution is 2.52. The van der Waals surface area contributed by atoms with E-state index < -0.39 is 0 Å². The summed E-state index contributed by atoms with van der Waals surface area (Å²) in [7, 11) is 0. The van der Waals surface area contributed by atoms with Gasteiger partial charge in [0.25, 0.3) is 0 Å². The molecule has 4 unspecified atom stereocenters. The van der Waals surface area contributed by atoms with Crippen molar-refractivity contribution in [2.24, 2.45) is 11.8 Å². The number of halogens is 1. The number of oxazole rings is 1. The molecular weight excluding hydrogens is 370 g/mol. The standard InChI is InChI=1S/C23H28ClN3O/c1-12(2)27-18-11-7-10-17(20(18)26-23(27)24)22-25-19-13(3)15-8-5-6-9-16(15)14(4)21(19)28-22/h7,10-16H,5-6,8-9H2,1-4H3. The van der Waals surface area contributed by atoms with Crippen molar-refractivity contribution >= 4 is 22.6 Å². The predicted molar refractivity (Wildman–Crippen MR) is 113 cm³/mol. The summed E-state index contributed by atoms with van der Waals surface area (Å²) in [6.07, 6.45) is 5.33. The zero-order valence-electron chi connectivity index (χ0n) is 17.1. The van der Waals surface area contributed by atoms with Crippen molar-refractivity contribution in [1.29, 1.82) is 0 Å². The zero-order chi connectivity index (χ0) is 19.6. The molecule has 1 fully saturated rings. The van der Waals surface area contributed by atoms with Gasteiger partial charge in [0.2, 0.25) is 11.2 Å². The van der Waals surface area contributed by atoms with Crippen LogP contribution in [0.15, 0.2) is 22.6 Å². The maximum atomic E-state index is 6.45. The van der Waals surface area contributed by atoms with E-state index in [2.05, 4.69) is 49.4 Å². The quantitative estimate of drug-likeness (QED) is 0.469. The van der Waals surface area contributed by atoms with E-state index in [1.54, 1.807) is 0 Å². The molecule has 4 nitrogen and oxygen atoms in total. The van der Waals surface area contributed by atoms with Crippen LogP contribution in [-0.2, 0) is 0 Å². The molecular formula is C23H28ClN3O. The first-order valence-corrected chi connectivity index (χ1v) is 11.0. The maximum Gasteiger partial charge on any atom is 0.228 e. The van der Waals surface area contributed by atoms with Gasteiger partial charge in [0.05, 0.1) is 16.8 Å². The molecule has 4 atom stereocenters. The van der Waals surface area contributed by atoms with Crippen LogP contribution in [0.5, 0.6) is 0 Å². The Balaban J connectivity index is 1.65. The van der Waals surface area contributed by atoms with Crippen LogP contribution in [-0.4, -0.2) is 14.5 Å². The van der Waals surface area contributed by atoms with E-state index in [1.165, 1.54) is 25.7 Å². The van der Waals surface area contributed by atoms with Crippen LogP contribution in [0.2, 0.25) is 5.28 Å². The Kier molecular flexibility index (Phi) is 4.31. The van der Waals surface area contributed by atoms with Crippen LogP contribution >= 0.6 is 11.6 Å². The topological polar surface area (TPSA) is 43.9 Å². The van der Waals surface area contributed by atoms with Gasteiger partial charge in [-0.1, -0.05) is 32.8 Å². The van der Waals surface area contributed by atoms with Crippen molar-refractivity contribution in [3.8, 4) is 11.5 Å². The lowest BCUT2D eigenvalue weighted by Crippen LogP contribution is -2.33. The number of hydrogen-bond donors (Lipinski definition) is 0. The Labute approximate surface area is 171 Å². The molecule has 0 amide bonds. The minimum absolute atomic E-state index is 0.244. The number of hydrogen-bond acceptors (Lipinski definition) is 3. The van der Waals surface area contributed by atoms with E-state index in [4.69, 9.17) is 21.0 Å². The molecule has 5 rings (SSSR count). The van der Waals surface area contributed by atoms with E-state index in [0.717, 1.165) is 39.9 Å². The highest BCUT2D eigenvalue weighted by atomic mass is 35.5. The summed E-state index contributed by atoms with van der Waals surface area (Å²) in [6, 6.07) is 6.41. The molecule has 1 saturated carbocycles. The maximum absolute atomic E-state index is 6.45. The minimum Gasteiger partial charge on any atom is -0.440 e. The number of benzene rings is 1. The third-order valence-corrected chi connectivity index (χ3v) is 7.38. The molecule has 148 valence electrons. The molecule has 5 heteroatoms. The lowest BCUT2D eigenvalue weighted by Gasteiger charge is -2.42. The number of aromatic nitrogens is 3. The van der Waals surface area contributed by atoms with Gasteiger partial charge in [-0.3, -0.25) is 0 Å². The van der Waals surface area contributed by atoms with E-state index >= 15 is 0 Å². The fourth-order valence-electron chi connectivity index (χ4n) is 5.69. The first-order chi connectivity index (χ1) is 13.5. The van der Waals surface area contributed by atoms with E-state index in [1.807, 2.05) is 6.07 Å². The summed E-state index contributed by atoms with van der Waals surface area (Å²) in [4.78, 5) is 9.67. The third kappa shape index (κ3) is 2.57. The van der Waals surface area contributed by atoms with Gasteiger partial charge in [-0.25, -0.2) is 9.97 Å². The van der Waals surface area contributed by atoms with Gasteiger partial charge in [-0.05, 0) is 62.3 Å². The lowest BCUT2D eigenvalue weighted by atomic mass is 9.63. The molecule has 2 aliphatic rings. The van der Waals surface area contributed by atoms with Gasteiger partial charge in [-0.2, -0.15) is 0 Å². The summed E-state index contributed by atoms with van der Waals surface area (Å²) >= 11 is 6.45. The van der Waals surface area contributed by atoms with Gasteiger partial charge in [0.1, 0.15) is 11.3 Å². The fourth-order valence-corrected chi connectivity index (χ4v) is 6.06. The molecule has 2 aliphatic carbocycles. The lowest BCUT2D eigenvalue weighted by molar-refractivity contribution is 0.149. The molecule has 0 radical (unpaired) electrons. The first-order valence-electron chi connectivity index (χ1n) is 10.6. The molecule has 0 N–H and O–H groups in total. The number of rotatable bonds is 2. The highest BCUT2D eigenvalue weighted by Gasteiger charge is 2.43. The van der Waals surface area contributed by atoms with Crippen molar-refractivity contribution < 1.29 is 4.42 Å². The first kappa shape index (κ1) is 18.2. The Morgan fingerprint density at radius 2 is 1.79 bits per heavy atom. The average Bonchev–Trinajstić information content (AvgIpc) is 3.27. The second kappa shape index (κ2) is 6.62. The summed E-state index contributed by atoms with van der Waals surface area (Å²) in [6.45, 7) is 8.90. The highest BCUT2D eigenvalue weighted by molar-refractivity contribution is 6.29. The van der Waals surface area contributed by atoms with E-state index in [0.29, 0.717) is 23.0 Å². The van der Waals surface area contributed by atoms with E-state index in [9.17, 15) is 0 Å². The number of para-hydroxylation sites is 1. The van der Waals surface area contributed by atoms with Gasteiger partial charge in [0, 0.05) is 17.9 Å². The predicted octanol–water partition coefficient (Wildman–Crippen LogP) is 6.95. The van der Waals surface area contributed by atoms with E-state index in [-0.39, 0.29) is 6.04 Å². The second-order valence-electron chi connectivity index (χ2n) is 8.98. The molecule has 0 aliphatic heterocycles. The van der Waals surface area contributed by atoms with Crippen molar-refractivity contribution in [2.45, 2.75) is 71.3 Å². The third-order valence-electron chi connectivity index (χ3n) is 7.11. The molecule has 2 aromatic heterocycles. The second-order valence-corrected chi connectivity index (χ2v) is 9.31. The van der Waals surface area contributed by atoms with Crippen LogP contribution < -0.4 is 0 Å². The normalized spacial score (nSPS) is 27.2. The minimum atomic E-state index is 0.244. The summed E-state index contributed by atoms with van der Waals surface area (Å²) in [5.41, 5.74) is 4.01. The molecule has 0 saturated heterocycles. The molecule has 1 aromatic carbocycles. The Hall–Kier alpha value is -1.81. The van der Waals surface area contributed by atoms with Crippen LogP contribution in [0.25, 0.3) is 22.5 Å². The number of fused-ring (bicyclic) bond motifs is 3. The zero-order valence-corrected chi connectivity index (χ0v) is 17.8. The SMILES string of the molecule is CC1c2nc(-c3cccc4c3nc(Cl)n4C(C)C)oc2C(C)C2CCCCC12. The van der Waals surface area contributed by atoms with Crippen LogP contribution in [0.4, 0.5) is 0 Å². The van der Waals surface area contributed by atoms with Crippen molar-refractivity contribution in [1.82, 2.24) is 14.5 Å². The number of nitrogens with zero attached hydrogens (tertiary/aromatic N) is 3. The summed E-state index contributed by atoms with van der Waals surface area (Å²) < 4.78 is 8.50. The Morgan fingerprint density at radius 1 is 1.07 bits per heavy atom. The van der Waals surface area contributed by atoms with Crippen molar-refractivity contribution in [3.63, 3.8) is 0 Å². The molecule has 0 spiro atoms. The van der Waals surface area contributed by atoms with Crippen LogP contribution in [0.3, 0.4) is 0 Å². The monoisotopic (exact) mass is 397 g/mol. The van der Waals surface area contributed by atoms with Gasteiger partial charge in [-0.15, -0.1) is 0 Å². The smallest absolute Gasteiger partial charge is 0.228 e. The van der Waals surface area contributed by atoms with Gasteiger partial charge in [0.15, 0.2) is 0 Å². The fraction of sp³-hybridized carbons (Fsp3) is 0.565. The number of imidazole rings is 1. The van der Waals surface area contributed by atoms with Crippen molar-refractivity contribution in [3.05, 3.63) is 34.9 Å².